The average molecular weight is 170 g/mol. The SMILES string of the molecule is N#Cc1ccc(=O)n2ccccc12. The number of rotatable bonds is 0. The minimum Gasteiger partial charge on any atom is -0.283 e. The predicted octanol–water partition coefficient (Wildman–Crippen LogP) is 1.17. The van der Waals surface area contributed by atoms with Crippen molar-refractivity contribution in [1.82, 2.24) is 4.40 Å². The number of nitrogens with zero attached hydrogens (tertiary/aromatic N) is 2. The highest BCUT2D eigenvalue weighted by Crippen LogP contribution is 2.05. The molecule has 2 heterocycles. The van der Waals surface area contributed by atoms with Crippen LogP contribution in [0.25, 0.3) is 5.52 Å². The first kappa shape index (κ1) is 7.56. The number of nitriles is 1. The molecule has 0 aliphatic heterocycles. The first-order chi connectivity index (χ1) is 6.33. The van der Waals surface area contributed by atoms with Crippen LogP contribution in [-0.2, 0) is 0 Å². The second-order valence-electron chi connectivity index (χ2n) is 2.65. The molecule has 0 spiro atoms. The summed E-state index contributed by atoms with van der Waals surface area (Å²) in [5.74, 6) is 0. The van der Waals surface area contributed by atoms with Crippen LogP contribution in [0, 0.1) is 11.3 Å². The molecule has 2 rings (SSSR count). The lowest BCUT2D eigenvalue weighted by molar-refractivity contribution is 1.09. The lowest BCUT2D eigenvalue weighted by atomic mass is 10.2. The average Bonchev–Trinajstić information content (AvgIpc) is 2.19. The molecule has 0 aliphatic rings. The van der Waals surface area contributed by atoms with Gasteiger partial charge in [-0.25, -0.2) is 0 Å². The van der Waals surface area contributed by atoms with E-state index in [1.807, 2.05) is 6.07 Å². The van der Waals surface area contributed by atoms with E-state index in [1.54, 1.807) is 24.4 Å². The molecule has 0 fully saturated rings. The van der Waals surface area contributed by atoms with Gasteiger partial charge < -0.3 is 0 Å². The van der Waals surface area contributed by atoms with Gasteiger partial charge in [-0.05, 0) is 18.2 Å². The summed E-state index contributed by atoms with van der Waals surface area (Å²) >= 11 is 0. The summed E-state index contributed by atoms with van der Waals surface area (Å²) in [4.78, 5) is 11.3. The zero-order chi connectivity index (χ0) is 9.26. The minimum absolute atomic E-state index is 0.116. The third kappa shape index (κ3) is 1.09. The standard InChI is InChI=1S/C10H6N2O/c11-7-8-4-5-10(13)12-6-2-1-3-9(8)12/h1-6H. The molecule has 0 radical (unpaired) electrons. The van der Waals surface area contributed by atoms with Gasteiger partial charge in [-0.3, -0.25) is 9.20 Å². The summed E-state index contributed by atoms with van der Waals surface area (Å²) < 4.78 is 1.46. The first-order valence-corrected chi connectivity index (χ1v) is 3.83. The highest BCUT2D eigenvalue weighted by molar-refractivity contribution is 5.59. The van der Waals surface area contributed by atoms with E-state index in [0.717, 1.165) is 0 Å². The summed E-state index contributed by atoms with van der Waals surface area (Å²) in [6, 6.07) is 10.3. The molecule has 0 unspecified atom stereocenters. The van der Waals surface area contributed by atoms with Crippen molar-refractivity contribution in [1.29, 1.82) is 5.26 Å². The zero-order valence-electron chi connectivity index (χ0n) is 6.77. The van der Waals surface area contributed by atoms with Crippen molar-refractivity contribution in [2.24, 2.45) is 0 Å². The molecule has 3 heteroatoms. The number of pyridine rings is 2. The first-order valence-electron chi connectivity index (χ1n) is 3.83. The van der Waals surface area contributed by atoms with E-state index in [-0.39, 0.29) is 5.56 Å². The Kier molecular flexibility index (Phi) is 1.60. The maximum atomic E-state index is 11.3. The van der Waals surface area contributed by atoms with E-state index in [4.69, 9.17) is 5.26 Å². The Morgan fingerprint density at radius 2 is 2.08 bits per heavy atom. The topological polar surface area (TPSA) is 45.3 Å². The van der Waals surface area contributed by atoms with Crippen LogP contribution < -0.4 is 5.56 Å². The normalized spacial score (nSPS) is 9.77. The number of hydrogen-bond acceptors (Lipinski definition) is 2. The van der Waals surface area contributed by atoms with Crippen LogP contribution in [0.5, 0.6) is 0 Å². The molecule has 0 atom stereocenters. The van der Waals surface area contributed by atoms with E-state index in [0.29, 0.717) is 11.1 Å². The van der Waals surface area contributed by atoms with Gasteiger partial charge >= 0.3 is 0 Å². The van der Waals surface area contributed by atoms with Crippen LogP contribution in [0.3, 0.4) is 0 Å². The van der Waals surface area contributed by atoms with Crippen molar-refractivity contribution in [3.05, 3.63) is 52.4 Å². The van der Waals surface area contributed by atoms with E-state index in [2.05, 4.69) is 0 Å². The highest BCUT2D eigenvalue weighted by Gasteiger charge is 1.99. The summed E-state index contributed by atoms with van der Waals surface area (Å²) in [5.41, 5.74) is 1.05. The second kappa shape index (κ2) is 2.76. The Morgan fingerprint density at radius 1 is 1.23 bits per heavy atom. The van der Waals surface area contributed by atoms with Crippen LogP contribution >= 0.6 is 0 Å². The van der Waals surface area contributed by atoms with Crippen molar-refractivity contribution in [3.8, 4) is 6.07 Å². The molecule has 13 heavy (non-hydrogen) atoms. The van der Waals surface area contributed by atoms with Gasteiger partial charge in [0, 0.05) is 12.3 Å². The van der Waals surface area contributed by atoms with Crippen molar-refractivity contribution in [2.75, 3.05) is 0 Å². The molecule has 62 valence electrons. The van der Waals surface area contributed by atoms with Crippen LogP contribution in [0.15, 0.2) is 41.3 Å². The lowest BCUT2D eigenvalue weighted by Crippen LogP contribution is -2.11. The predicted molar refractivity (Wildman–Crippen MR) is 48.4 cm³/mol. The highest BCUT2D eigenvalue weighted by atomic mass is 16.1. The van der Waals surface area contributed by atoms with Crippen molar-refractivity contribution in [3.63, 3.8) is 0 Å². The number of hydrogen-bond donors (Lipinski definition) is 0. The third-order valence-electron chi connectivity index (χ3n) is 1.89. The second-order valence-corrected chi connectivity index (χ2v) is 2.65. The van der Waals surface area contributed by atoms with E-state index in [9.17, 15) is 4.79 Å². The number of fused-ring (bicyclic) bond motifs is 1. The fraction of sp³-hybridized carbons (Fsp3) is 0. The molecule has 0 aromatic carbocycles. The Bertz CT molecular complexity index is 549. The molecule has 2 aromatic rings. The summed E-state index contributed by atoms with van der Waals surface area (Å²) in [5, 5.41) is 8.76. The fourth-order valence-electron chi connectivity index (χ4n) is 1.27. The van der Waals surface area contributed by atoms with Crippen molar-refractivity contribution >= 4 is 5.52 Å². The van der Waals surface area contributed by atoms with Gasteiger partial charge in [-0.2, -0.15) is 5.26 Å². The molecule has 0 bridgehead atoms. The van der Waals surface area contributed by atoms with E-state index < -0.39 is 0 Å². The quantitative estimate of drug-likeness (QED) is 0.595. The minimum atomic E-state index is -0.116. The molecule has 0 saturated heterocycles. The van der Waals surface area contributed by atoms with Crippen molar-refractivity contribution in [2.45, 2.75) is 0 Å². The molecule has 0 aliphatic carbocycles. The molecule has 2 aromatic heterocycles. The van der Waals surface area contributed by atoms with Gasteiger partial charge in [0.25, 0.3) is 5.56 Å². The van der Waals surface area contributed by atoms with E-state index >= 15 is 0 Å². The largest absolute Gasteiger partial charge is 0.283 e. The van der Waals surface area contributed by atoms with E-state index in [1.165, 1.54) is 16.5 Å². The Labute approximate surface area is 74.5 Å². The van der Waals surface area contributed by atoms with Crippen LogP contribution in [0.1, 0.15) is 5.56 Å². The van der Waals surface area contributed by atoms with Gasteiger partial charge in [-0.15, -0.1) is 0 Å². The summed E-state index contributed by atoms with van der Waals surface area (Å²) in [6.07, 6.45) is 1.65. The molecule has 0 saturated carbocycles. The summed E-state index contributed by atoms with van der Waals surface area (Å²) in [7, 11) is 0. The Hall–Kier alpha value is -2.08. The molecular weight excluding hydrogens is 164 g/mol. The summed E-state index contributed by atoms with van der Waals surface area (Å²) in [6.45, 7) is 0. The Balaban J connectivity index is 3.04. The van der Waals surface area contributed by atoms with Gasteiger partial charge in [0.15, 0.2) is 0 Å². The molecule has 0 N–H and O–H groups in total. The Morgan fingerprint density at radius 3 is 2.85 bits per heavy atom. The zero-order valence-corrected chi connectivity index (χ0v) is 6.77. The van der Waals surface area contributed by atoms with Crippen molar-refractivity contribution < 1.29 is 0 Å². The monoisotopic (exact) mass is 170 g/mol. The van der Waals surface area contributed by atoms with Gasteiger partial charge in [0.2, 0.25) is 0 Å². The molecule has 0 amide bonds. The lowest BCUT2D eigenvalue weighted by Gasteiger charge is -1.99. The maximum Gasteiger partial charge on any atom is 0.255 e. The third-order valence-corrected chi connectivity index (χ3v) is 1.89. The van der Waals surface area contributed by atoms with Crippen LogP contribution in [0.2, 0.25) is 0 Å². The molecule has 3 nitrogen and oxygen atoms in total. The van der Waals surface area contributed by atoms with Gasteiger partial charge in [-0.1, -0.05) is 6.07 Å². The van der Waals surface area contributed by atoms with Crippen LogP contribution in [0.4, 0.5) is 0 Å². The smallest absolute Gasteiger partial charge is 0.255 e. The molecular formula is C10H6N2O. The van der Waals surface area contributed by atoms with Crippen LogP contribution in [-0.4, -0.2) is 4.40 Å². The van der Waals surface area contributed by atoms with Gasteiger partial charge in [0.1, 0.15) is 6.07 Å². The number of aromatic nitrogens is 1. The fourth-order valence-corrected chi connectivity index (χ4v) is 1.27. The van der Waals surface area contributed by atoms with Gasteiger partial charge in [0.05, 0.1) is 11.1 Å². The maximum absolute atomic E-state index is 11.3.